The molecule has 0 saturated heterocycles. The van der Waals surface area contributed by atoms with Crippen molar-refractivity contribution in [3.8, 4) is 0 Å². The van der Waals surface area contributed by atoms with Gasteiger partial charge in [0.15, 0.2) is 5.82 Å². The molecule has 1 unspecified atom stereocenters. The third-order valence-corrected chi connectivity index (χ3v) is 9.01. The van der Waals surface area contributed by atoms with Crippen LogP contribution >= 0.6 is 23.4 Å². The first kappa shape index (κ1) is 20.3. The van der Waals surface area contributed by atoms with Crippen LogP contribution in [0.25, 0.3) is 0 Å². The third kappa shape index (κ3) is 3.25. The van der Waals surface area contributed by atoms with Gasteiger partial charge in [0, 0.05) is 33.6 Å². The first-order valence-corrected chi connectivity index (χ1v) is 12.7. The van der Waals surface area contributed by atoms with Gasteiger partial charge in [0.05, 0.1) is 4.87 Å². The molecule has 3 aliphatic rings. The quantitative estimate of drug-likeness (QED) is 0.439. The number of aryl methyl sites for hydroxylation is 1. The number of hydrogen-bond acceptors (Lipinski definition) is 4. The minimum atomic E-state index is 0.109. The van der Waals surface area contributed by atoms with Crippen LogP contribution in [0.15, 0.2) is 65.3 Å². The number of anilines is 1. The van der Waals surface area contributed by atoms with E-state index < -0.39 is 0 Å². The number of nitrogens with zero attached hydrogens (tertiary/aromatic N) is 2. The summed E-state index contributed by atoms with van der Waals surface area (Å²) < 4.78 is 0. The van der Waals surface area contributed by atoms with E-state index in [0.29, 0.717) is 0 Å². The average molecular weight is 463 g/mol. The van der Waals surface area contributed by atoms with E-state index in [0.717, 1.165) is 23.1 Å². The van der Waals surface area contributed by atoms with Gasteiger partial charge in [0.25, 0.3) is 0 Å². The Morgan fingerprint density at radius 2 is 1.81 bits per heavy atom. The highest BCUT2D eigenvalue weighted by atomic mass is 35.5. The van der Waals surface area contributed by atoms with Gasteiger partial charge in [-0.3, -0.25) is 5.10 Å². The summed E-state index contributed by atoms with van der Waals surface area (Å²) in [4.78, 5) is 4.18. The van der Waals surface area contributed by atoms with Crippen molar-refractivity contribution in [1.82, 2.24) is 15.1 Å². The largest absolute Gasteiger partial charge is 0.338 e. The molecule has 2 aromatic carbocycles. The van der Waals surface area contributed by atoms with Crippen LogP contribution < -0.4 is 5.32 Å². The van der Waals surface area contributed by atoms with Crippen molar-refractivity contribution in [3.05, 3.63) is 92.7 Å². The molecular formula is C26H27ClN4S. The Hall–Kier alpha value is -2.37. The molecule has 32 heavy (non-hydrogen) atoms. The Morgan fingerprint density at radius 1 is 1.06 bits per heavy atom. The van der Waals surface area contributed by atoms with Crippen LogP contribution in [-0.4, -0.2) is 20.0 Å². The van der Waals surface area contributed by atoms with Crippen LogP contribution in [0.1, 0.15) is 60.4 Å². The molecule has 0 amide bonds. The standard InChI is InChI=1S/C26H27ClN4S/c1-17-21-22(19-10-12-20(27)13-11-19)23-25(28-24(21)30-29-17)31(16-18-8-4-2-5-9-18)26(32-23)14-6-3-7-15-26/h2,4-5,8-13,22H,3,6-7,14-16H2,1H3,(H2,28,29,30). The molecule has 2 aliphatic heterocycles. The Kier molecular flexibility index (Phi) is 4.99. The third-order valence-electron chi connectivity index (χ3n) is 7.10. The zero-order valence-electron chi connectivity index (χ0n) is 18.2. The van der Waals surface area contributed by atoms with Crippen LogP contribution in [0.5, 0.6) is 0 Å². The van der Waals surface area contributed by atoms with Crippen LogP contribution in [0.2, 0.25) is 5.02 Å². The number of halogens is 1. The Balaban J connectivity index is 1.49. The summed E-state index contributed by atoms with van der Waals surface area (Å²) in [5.74, 6) is 2.36. The van der Waals surface area contributed by atoms with E-state index in [4.69, 9.17) is 11.6 Å². The van der Waals surface area contributed by atoms with Crippen molar-refractivity contribution in [2.45, 2.75) is 56.4 Å². The second-order valence-corrected chi connectivity index (χ2v) is 11.0. The predicted octanol–water partition coefficient (Wildman–Crippen LogP) is 7.01. The number of fused-ring (bicyclic) bond motifs is 1. The van der Waals surface area contributed by atoms with E-state index in [2.05, 4.69) is 81.6 Å². The van der Waals surface area contributed by atoms with E-state index in [1.165, 1.54) is 59.5 Å². The lowest BCUT2D eigenvalue weighted by Crippen LogP contribution is -2.44. The number of benzene rings is 2. The van der Waals surface area contributed by atoms with Crippen molar-refractivity contribution in [2.24, 2.45) is 0 Å². The highest BCUT2D eigenvalue weighted by molar-refractivity contribution is 8.04. The molecule has 2 N–H and O–H groups in total. The summed E-state index contributed by atoms with van der Waals surface area (Å²) in [5.41, 5.74) is 5.00. The first-order chi connectivity index (χ1) is 15.6. The fraction of sp³-hybridized carbons (Fsp3) is 0.346. The number of thioether (sulfide) groups is 1. The topological polar surface area (TPSA) is 44.0 Å². The van der Waals surface area contributed by atoms with Gasteiger partial charge in [-0.05, 0) is 43.0 Å². The van der Waals surface area contributed by atoms with Crippen molar-refractivity contribution in [3.63, 3.8) is 0 Å². The average Bonchev–Trinajstić information content (AvgIpc) is 3.32. The molecule has 1 spiro atoms. The minimum absolute atomic E-state index is 0.109. The molecule has 3 aromatic rings. The van der Waals surface area contributed by atoms with Crippen molar-refractivity contribution in [1.29, 1.82) is 0 Å². The number of nitrogens with one attached hydrogen (secondary N) is 2. The summed E-state index contributed by atoms with van der Waals surface area (Å²) >= 11 is 8.34. The summed E-state index contributed by atoms with van der Waals surface area (Å²) in [6, 6.07) is 19.2. The highest BCUT2D eigenvalue weighted by Crippen LogP contribution is 2.61. The molecule has 6 rings (SSSR count). The maximum atomic E-state index is 6.25. The van der Waals surface area contributed by atoms with Gasteiger partial charge in [-0.1, -0.05) is 85.1 Å². The summed E-state index contributed by atoms with van der Waals surface area (Å²) in [7, 11) is 0. The molecule has 1 saturated carbocycles. The SMILES string of the molecule is Cc1[nH]nc2c1C(c1ccc(Cl)cc1)C1=C(N2)N(Cc2ccccc2)C2(CCCCC2)S1. The molecule has 6 heteroatoms. The summed E-state index contributed by atoms with van der Waals surface area (Å²) in [5, 5.41) is 12.4. The molecule has 1 atom stereocenters. The number of H-pyrrole nitrogens is 1. The monoisotopic (exact) mass is 462 g/mol. The van der Waals surface area contributed by atoms with Crippen LogP contribution in [0.3, 0.4) is 0 Å². The molecule has 0 radical (unpaired) electrons. The van der Waals surface area contributed by atoms with E-state index in [-0.39, 0.29) is 10.8 Å². The second-order valence-electron chi connectivity index (χ2n) is 9.11. The predicted molar refractivity (Wildman–Crippen MR) is 133 cm³/mol. The van der Waals surface area contributed by atoms with Crippen LogP contribution in [0, 0.1) is 6.92 Å². The lowest BCUT2D eigenvalue weighted by Gasteiger charge is -2.43. The zero-order valence-corrected chi connectivity index (χ0v) is 19.8. The van der Waals surface area contributed by atoms with Crippen LogP contribution in [-0.2, 0) is 6.54 Å². The lowest BCUT2D eigenvalue weighted by atomic mass is 9.88. The van der Waals surface area contributed by atoms with Crippen molar-refractivity contribution >= 4 is 29.2 Å². The molecule has 0 bridgehead atoms. The van der Waals surface area contributed by atoms with Gasteiger partial charge >= 0.3 is 0 Å². The van der Waals surface area contributed by atoms with Gasteiger partial charge in [-0.25, -0.2) is 0 Å². The first-order valence-electron chi connectivity index (χ1n) is 11.5. The summed E-state index contributed by atoms with van der Waals surface area (Å²) in [6.07, 6.45) is 6.34. The molecule has 4 nitrogen and oxygen atoms in total. The summed E-state index contributed by atoms with van der Waals surface area (Å²) in [6.45, 7) is 3.03. The second kappa shape index (κ2) is 7.89. The number of aromatic amines is 1. The van der Waals surface area contributed by atoms with E-state index >= 15 is 0 Å². The number of hydrogen-bond donors (Lipinski definition) is 2. The molecule has 1 fully saturated rings. The Bertz CT molecular complexity index is 1160. The van der Waals surface area contributed by atoms with Gasteiger partial charge in [0.2, 0.25) is 0 Å². The van der Waals surface area contributed by atoms with Crippen molar-refractivity contribution < 1.29 is 0 Å². The van der Waals surface area contributed by atoms with Crippen molar-refractivity contribution in [2.75, 3.05) is 5.32 Å². The maximum Gasteiger partial charge on any atom is 0.157 e. The Labute approximate surface area is 198 Å². The van der Waals surface area contributed by atoms with Gasteiger partial charge < -0.3 is 10.2 Å². The molecule has 1 aliphatic carbocycles. The molecule has 164 valence electrons. The number of allylic oxidation sites excluding steroid dienone is 1. The van der Waals surface area contributed by atoms with Gasteiger partial charge in [-0.15, -0.1) is 0 Å². The Morgan fingerprint density at radius 3 is 2.56 bits per heavy atom. The highest BCUT2D eigenvalue weighted by Gasteiger charge is 2.51. The fourth-order valence-corrected chi connectivity index (χ4v) is 7.46. The number of rotatable bonds is 3. The zero-order chi connectivity index (χ0) is 21.7. The lowest BCUT2D eigenvalue weighted by molar-refractivity contribution is 0.169. The molecular weight excluding hydrogens is 436 g/mol. The van der Waals surface area contributed by atoms with E-state index in [9.17, 15) is 0 Å². The van der Waals surface area contributed by atoms with E-state index in [1.54, 1.807) is 0 Å². The number of aromatic nitrogens is 2. The normalized spacial score (nSPS) is 21.4. The fourth-order valence-electron chi connectivity index (χ4n) is 5.54. The molecule has 3 heterocycles. The van der Waals surface area contributed by atoms with Gasteiger partial charge in [-0.2, -0.15) is 5.10 Å². The molecule has 1 aromatic heterocycles. The smallest absolute Gasteiger partial charge is 0.157 e. The minimum Gasteiger partial charge on any atom is -0.338 e. The van der Waals surface area contributed by atoms with Crippen LogP contribution in [0.4, 0.5) is 5.82 Å². The maximum absolute atomic E-state index is 6.25. The van der Waals surface area contributed by atoms with E-state index in [1.807, 2.05) is 12.1 Å². The van der Waals surface area contributed by atoms with Gasteiger partial charge in [0.1, 0.15) is 5.82 Å².